The standard InChI is InChI=1S/C36H39O8P/c1-35(2,3)43-33(40)29(31-30(39)28(38)22-24(23-37)42-31)32(34(41)44-36(4,5)6)45(25-16-10-7-11-17-25,26-18-12-8-13-19-26)27-20-14-9-15-21-27/h7-22,29,37,39H,23H2,1-6H3. The molecule has 9 heteroatoms. The highest BCUT2D eigenvalue weighted by Gasteiger charge is 2.46. The fourth-order valence-corrected chi connectivity index (χ4v) is 9.65. The molecule has 0 aliphatic heterocycles. The second-order valence-electron chi connectivity index (χ2n) is 12.5. The van der Waals surface area contributed by atoms with E-state index in [0.29, 0.717) is 15.9 Å². The number of carbonyl (C=O) groups is 2. The van der Waals surface area contributed by atoms with Crippen LogP contribution in [0.1, 0.15) is 59.0 Å². The first kappa shape index (κ1) is 33.5. The van der Waals surface area contributed by atoms with Gasteiger partial charge in [0, 0.05) is 6.07 Å². The molecule has 1 atom stereocenters. The molecule has 0 aliphatic rings. The molecule has 236 valence electrons. The first-order valence-corrected chi connectivity index (χ1v) is 16.3. The van der Waals surface area contributed by atoms with E-state index in [-0.39, 0.29) is 11.1 Å². The molecule has 4 aromatic rings. The third-order valence-corrected chi connectivity index (χ3v) is 11.1. The molecule has 0 aliphatic carbocycles. The maximum Gasteiger partial charge on any atom is 0.336 e. The number of aliphatic hydroxyl groups is 1. The summed E-state index contributed by atoms with van der Waals surface area (Å²) in [5.41, 5.74) is -2.93. The van der Waals surface area contributed by atoms with Crippen molar-refractivity contribution in [3.05, 3.63) is 119 Å². The summed E-state index contributed by atoms with van der Waals surface area (Å²) in [6, 6.07) is 28.8. The number of rotatable bonds is 8. The van der Waals surface area contributed by atoms with Crippen molar-refractivity contribution >= 4 is 40.0 Å². The Bertz CT molecular complexity index is 1660. The minimum absolute atomic E-state index is 0.0659. The predicted octanol–water partition coefficient (Wildman–Crippen LogP) is 4.77. The molecule has 0 saturated heterocycles. The van der Waals surface area contributed by atoms with Gasteiger partial charge in [-0.25, -0.2) is 4.79 Å². The van der Waals surface area contributed by atoms with Crippen molar-refractivity contribution in [1.29, 1.82) is 0 Å². The summed E-state index contributed by atoms with van der Waals surface area (Å²) in [6.45, 7) is 6.05. The molecular formula is C36H39O8P. The highest BCUT2D eigenvalue weighted by atomic mass is 31.2. The van der Waals surface area contributed by atoms with Gasteiger partial charge in [-0.1, -0.05) is 91.0 Å². The summed E-state index contributed by atoms with van der Waals surface area (Å²) in [6.07, 6.45) is 0. The van der Waals surface area contributed by atoms with E-state index < -0.39 is 59.5 Å². The van der Waals surface area contributed by atoms with Gasteiger partial charge in [-0.05, 0) is 64.3 Å². The largest absolute Gasteiger partial charge is 0.502 e. The van der Waals surface area contributed by atoms with Crippen molar-refractivity contribution in [2.24, 2.45) is 0 Å². The number of ether oxygens (including phenoxy) is 2. The van der Waals surface area contributed by atoms with Gasteiger partial charge in [0.1, 0.15) is 23.6 Å². The predicted molar refractivity (Wildman–Crippen MR) is 177 cm³/mol. The summed E-state index contributed by atoms with van der Waals surface area (Å²) < 4.78 is 17.9. The van der Waals surface area contributed by atoms with Crippen LogP contribution in [0.25, 0.3) is 0 Å². The Morgan fingerprint density at radius 3 is 1.56 bits per heavy atom. The molecule has 0 amide bonds. The average Bonchev–Trinajstić information content (AvgIpc) is 2.98. The number of aliphatic hydroxyl groups excluding tert-OH is 1. The van der Waals surface area contributed by atoms with Gasteiger partial charge in [-0.2, -0.15) is 0 Å². The normalized spacial score (nSPS) is 12.7. The van der Waals surface area contributed by atoms with Crippen LogP contribution in [-0.2, 0) is 25.7 Å². The molecule has 3 aromatic carbocycles. The Labute approximate surface area is 263 Å². The van der Waals surface area contributed by atoms with Crippen molar-refractivity contribution in [2.75, 3.05) is 0 Å². The van der Waals surface area contributed by atoms with Crippen LogP contribution in [0.4, 0.5) is 0 Å². The van der Waals surface area contributed by atoms with Crippen molar-refractivity contribution in [1.82, 2.24) is 0 Å². The molecular weight excluding hydrogens is 591 g/mol. The number of hydrogen-bond acceptors (Lipinski definition) is 8. The van der Waals surface area contributed by atoms with Crippen LogP contribution in [0.15, 0.2) is 106 Å². The van der Waals surface area contributed by atoms with Gasteiger partial charge < -0.3 is 24.1 Å². The molecule has 0 saturated carbocycles. The second kappa shape index (κ2) is 13.3. The molecule has 1 unspecified atom stereocenters. The lowest BCUT2D eigenvalue weighted by molar-refractivity contribution is -0.157. The van der Waals surface area contributed by atoms with Crippen LogP contribution in [0, 0.1) is 0 Å². The third kappa shape index (κ3) is 7.30. The highest BCUT2D eigenvalue weighted by Crippen LogP contribution is 2.50. The highest BCUT2D eigenvalue weighted by molar-refractivity contribution is 7.96. The fourth-order valence-electron chi connectivity index (χ4n) is 5.13. The summed E-state index contributed by atoms with van der Waals surface area (Å²) in [5.74, 6) is -5.13. The van der Waals surface area contributed by atoms with Crippen molar-refractivity contribution in [2.45, 2.75) is 65.3 Å². The van der Waals surface area contributed by atoms with Crippen LogP contribution in [0.5, 0.6) is 5.75 Å². The Kier molecular flexibility index (Phi) is 9.91. The van der Waals surface area contributed by atoms with Gasteiger partial charge in [0.05, 0.1) is 5.29 Å². The molecule has 4 rings (SSSR count). The maximum atomic E-state index is 14.9. The summed E-state index contributed by atoms with van der Waals surface area (Å²) in [4.78, 5) is 42.4. The van der Waals surface area contributed by atoms with Gasteiger partial charge in [0.2, 0.25) is 11.2 Å². The number of benzene rings is 3. The number of carbonyl (C=O) groups excluding carboxylic acids is 2. The second-order valence-corrected chi connectivity index (χ2v) is 15.9. The quantitative estimate of drug-likeness (QED) is 0.211. The Morgan fingerprint density at radius 2 is 1.18 bits per heavy atom. The van der Waals surface area contributed by atoms with E-state index in [2.05, 4.69) is 0 Å². The van der Waals surface area contributed by atoms with E-state index >= 15 is 0 Å². The van der Waals surface area contributed by atoms with E-state index in [0.717, 1.165) is 6.07 Å². The number of aromatic hydroxyl groups is 1. The lowest BCUT2D eigenvalue weighted by Crippen LogP contribution is -2.43. The zero-order chi connectivity index (χ0) is 33.0. The summed E-state index contributed by atoms with van der Waals surface area (Å²) in [7, 11) is 0. The van der Waals surface area contributed by atoms with Crippen LogP contribution < -0.4 is 21.3 Å². The van der Waals surface area contributed by atoms with Crippen molar-refractivity contribution in [3.63, 3.8) is 0 Å². The van der Waals surface area contributed by atoms with E-state index in [1.54, 1.807) is 41.5 Å². The van der Waals surface area contributed by atoms with E-state index in [1.165, 1.54) is 0 Å². The van der Waals surface area contributed by atoms with Crippen molar-refractivity contribution in [3.8, 4) is 5.75 Å². The Hall–Kier alpha value is -4.39. The summed E-state index contributed by atoms with van der Waals surface area (Å²) in [5, 5.41) is 23.2. The molecule has 0 radical (unpaired) electrons. The third-order valence-electron chi connectivity index (χ3n) is 6.73. The molecule has 1 aromatic heterocycles. The Morgan fingerprint density at radius 1 is 0.756 bits per heavy atom. The van der Waals surface area contributed by atoms with Crippen LogP contribution in [0.3, 0.4) is 0 Å². The minimum atomic E-state index is -3.40. The fraction of sp³-hybridized carbons (Fsp3) is 0.278. The molecule has 0 spiro atoms. The SMILES string of the molecule is CC(C)(C)OC(=O)C(C(C(=O)OC(C)(C)C)c1oc(CO)cc(=O)c1O)=P(c1ccccc1)(c1ccccc1)c1ccccc1. The van der Waals surface area contributed by atoms with E-state index in [9.17, 15) is 24.6 Å². The summed E-state index contributed by atoms with van der Waals surface area (Å²) >= 11 is 0. The number of hydrogen-bond donors (Lipinski definition) is 2. The zero-order valence-corrected chi connectivity index (χ0v) is 27.2. The van der Waals surface area contributed by atoms with Gasteiger partial charge in [0.25, 0.3) is 0 Å². The number of esters is 2. The van der Waals surface area contributed by atoms with Gasteiger partial charge in [-0.3, -0.25) is 9.59 Å². The lowest BCUT2D eigenvalue weighted by Gasteiger charge is -2.36. The van der Waals surface area contributed by atoms with Gasteiger partial charge in [-0.15, -0.1) is 0 Å². The average molecular weight is 631 g/mol. The maximum absolute atomic E-state index is 14.9. The molecule has 45 heavy (non-hydrogen) atoms. The molecule has 0 fully saturated rings. The van der Waals surface area contributed by atoms with Crippen LogP contribution in [0.2, 0.25) is 0 Å². The first-order chi connectivity index (χ1) is 21.2. The van der Waals surface area contributed by atoms with Crippen molar-refractivity contribution < 1.29 is 33.7 Å². The molecule has 2 N–H and O–H groups in total. The van der Waals surface area contributed by atoms with Gasteiger partial charge >= 0.3 is 11.9 Å². The minimum Gasteiger partial charge on any atom is -0.502 e. The van der Waals surface area contributed by atoms with Crippen LogP contribution in [-0.4, -0.2) is 38.6 Å². The smallest absolute Gasteiger partial charge is 0.336 e. The lowest BCUT2D eigenvalue weighted by atomic mass is 9.99. The van der Waals surface area contributed by atoms with Crippen LogP contribution >= 0.6 is 6.89 Å². The monoisotopic (exact) mass is 630 g/mol. The van der Waals surface area contributed by atoms with E-state index in [4.69, 9.17) is 13.9 Å². The first-order valence-electron chi connectivity index (χ1n) is 14.6. The van der Waals surface area contributed by atoms with E-state index in [1.807, 2.05) is 91.0 Å². The van der Waals surface area contributed by atoms with Gasteiger partial charge in [0.15, 0.2) is 11.7 Å². The molecule has 8 nitrogen and oxygen atoms in total. The molecule has 1 heterocycles. The Balaban J connectivity index is 2.40. The zero-order valence-electron chi connectivity index (χ0n) is 26.3. The topological polar surface area (TPSA) is 123 Å². The molecule has 0 bridgehead atoms.